The van der Waals surface area contributed by atoms with Gasteiger partial charge in [0.15, 0.2) is 0 Å². The minimum absolute atomic E-state index is 0.623. The fourth-order valence-corrected chi connectivity index (χ4v) is 23.8. The Bertz CT molecular complexity index is 1400. The monoisotopic (exact) mass is 829 g/mol. The van der Waals surface area contributed by atoms with Gasteiger partial charge >= 0.3 is 0 Å². The lowest BCUT2D eigenvalue weighted by molar-refractivity contribution is -0.162. The van der Waals surface area contributed by atoms with Gasteiger partial charge in [0.1, 0.15) is 0 Å². The molecule has 6 atom stereocenters. The zero-order valence-corrected chi connectivity index (χ0v) is 44.5. The first-order chi connectivity index (χ1) is 27.3. The third kappa shape index (κ3) is 8.72. The molecule has 0 aliphatic heterocycles. The van der Waals surface area contributed by atoms with E-state index in [9.17, 15) is 0 Å². The Balaban J connectivity index is 0.000000121. The summed E-state index contributed by atoms with van der Waals surface area (Å²) in [6, 6.07) is 0. The first-order valence-electron chi connectivity index (χ1n) is 27.3. The molecule has 348 valence electrons. The summed E-state index contributed by atoms with van der Waals surface area (Å²) in [7, 11) is 0. The topological polar surface area (TPSA) is 0 Å². The molecule has 12 rings (SSSR count). The van der Waals surface area contributed by atoms with E-state index in [0.717, 1.165) is 86.8 Å². The summed E-state index contributed by atoms with van der Waals surface area (Å²) < 4.78 is 0. The van der Waals surface area contributed by atoms with E-state index in [1.165, 1.54) is 109 Å². The maximum absolute atomic E-state index is 2.58. The third-order valence-corrected chi connectivity index (χ3v) is 22.3. The van der Waals surface area contributed by atoms with Crippen molar-refractivity contribution in [2.24, 2.45) is 119 Å². The van der Waals surface area contributed by atoms with Crippen molar-refractivity contribution in [1.82, 2.24) is 0 Å². The van der Waals surface area contributed by atoms with Gasteiger partial charge in [0.2, 0.25) is 0 Å². The summed E-state index contributed by atoms with van der Waals surface area (Å²) in [6.45, 7) is 47.6. The molecular weight excluding hydrogens is 721 g/mol. The SMILES string of the molecule is CC(C)C12CC3(C)CC1CC(C)(C3)C2.CC(C)C12CC3CC(C)(CC(C)(C3)C1)C2.CC1CC2(C)CC(C)CC(C(C)C)(C1)C2.CC1CC2(C)CC(C)CC(C)(C1)C2C(C)C. The summed E-state index contributed by atoms with van der Waals surface area (Å²) in [5.41, 5.74) is 6.93. The fourth-order valence-electron chi connectivity index (χ4n) is 23.8. The molecule has 0 nitrogen and oxygen atoms in total. The average molecular weight is 830 g/mol. The second-order valence-corrected chi connectivity index (χ2v) is 31.4. The van der Waals surface area contributed by atoms with Crippen LogP contribution in [0.3, 0.4) is 0 Å². The van der Waals surface area contributed by atoms with Crippen LogP contribution in [0.15, 0.2) is 0 Å². The van der Waals surface area contributed by atoms with Gasteiger partial charge in [0, 0.05) is 0 Å². The van der Waals surface area contributed by atoms with Crippen molar-refractivity contribution in [1.29, 1.82) is 0 Å². The Kier molecular flexibility index (Phi) is 12.4. The first kappa shape index (κ1) is 47.9. The third-order valence-electron chi connectivity index (χ3n) is 22.3. The molecule has 0 saturated heterocycles. The van der Waals surface area contributed by atoms with E-state index in [1.54, 1.807) is 19.3 Å². The molecule has 0 aromatic carbocycles. The highest BCUT2D eigenvalue weighted by Gasteiger charge is 2.67. The zero-order chi connectivity index (χ0) is 44.5. The number of hydrogen-bond acceptors (Lipinski definition) is 0. The largest absolute Gasteiger partial charge is 0.0625 e. The van der Waals surface area contributed by atoms with Crippen molar-refractivity contribution in [2.75, 3.05) is 0 Å². The molecule has 60 heavy (non-hydrogen) atoms. The molecule has 0 aromatic heterocycles. The van der Waals surface area contributed by atoms with Crippen LogP contribution < -0.4 is 0 Å². The Morgan fingerprint density at radius 1 is 0.333 bits per heavy atom. The van der Waals surface area contributed by atoms with E-state index in [1.807, 2.05) is 0 Å². The van der Waals surface area contributed by atoms with Crippen molar-refractivity contribution in [2.45, 2.75) is 260 Å². The van der Waals surface area contributed by atoms with Gasteiger partial charge in [0.05, 0.1) is 0 Å². The van der Waals surface area contributed by atoms with Crippen LogP contribution in [-0.4, -0.2) is 0 Å². The Morgan fingerprint density at radius 3 is 1.03 bits per heavy atom. The van der Waals surface area contributed by atoms with Crippen LogP contribution in [0.25, 0.3) is 0 Å². The molecule has 0 heteroatoms. The normalized spacial score (nSPS) is 55.4. The van der Waals surface area contributed by atoms with Crippen LogP contribution in [-0.2, 0) is 0 Å². The molecule has 0 amide bonds. The lowest BCUT2D eigenvalue weighted by atomic mass is 9.38. The maximum atomic E-state index is 2.58. The van der Waals surface area contributed by atoms with Crippen LogP contribution in [0.1, 0.15) is 260 Å². The molecule has 12 fully saturated rings. The van der Waals surface area contributed by atoms with Gasteiger partial charge in [-0.05, 0) is 248 Å². The number of rotatable bonds is 4. The average Bonchev–Trinajstić information content (AvgIpc) is 3.35. The van der Waals surface area contributed by atoms with E-state index in [4.69, 9.17) is 0 Å². The maximum Gasteiger partial charge on any atom is -0.0235 e. The molecule has 6 unspecified atom stereocenters. The van der Waals surface area contributed by atoms with Gasteiger partial charge in [-0.25, -0.2) is 0 Å². The molecule has 12 saturated carbocycles. The smallest absolute Gasteiger partial charge is 0.0235 e. The molecule has 12 bridgehead atoms. The van der Waals surface area contributed by atoms with Crippen molar-refractivity contribution in [3.63, 3.8) is 0 Å². The lowest BCUT2D eigenvalue weighted by Crippen LogP contribution is -2.56. The molecule has 0 aromatic rings. The second-order valence-electron chi connectivity index (χ2n) is 31.4. The van der Waals surface area contributed by atoms with E-state index in [2.05, 4.69) is 132 Å². The van der Waals surface area contributed by atoms with Crippen LogP contribution in [0, 0.1) is 119 Å². The van der Waals surface area contributed by atoms with Crippen molar-refractivity contribution in [3.05, 3.63) is 0 Å². The van der Waals surface area contributed by atoms with Crippen LogP contribution >= 0.6 is 0 Å². The van der Waals surface area contributed by atoms with Gasteiger partial charge in [-0.15, -0.1) is 0 Å². The summed E-state index contributed by atoms with van der Waals surface area (Å²) >= 11 is 0. The second kappa shape index (κ2) is 15.5. The van der Waals surface area contributed by atoms with E-state index in [0.29, 0.717) is 32.5 Å². The standard InChI is InChI=1S/C16H30.C15H26.C15H28.C14H24/c1-11(2)14-15(5)7-12(3)8-16(14,6)10-13(4)9-15;1-11(2)15-7-12-5-13(3,9-15)8-14(4,6-12)10-15;1-11(2)15-8-12(3)6-14(5,10-15)7-13(4)9-15;1-10(2)14-8-12(3)5-11(14)6-13(4,7-12)9-14/h11-14H,7-10H2,1-6H3;11-12H,5-10H2,1-4H3;11-13H,6-10H2,1-5H3;10-11H,5-9H2,1-4H3. The number of fused-ring (bicyclic) bond motifs is 4. The summed E-state index contributed by atoms with van der Waals surface area (Å²) in [4.78, 5) is 0. The highest BCUT2D eigenvalue weighted by Crippen LogP contribution is 2.77. The molecule has 12 aliphatic carbocycles. The highest BCUT2D eigenvalue weighted by atomic mass is 14.7. The Morgan fingerprint density at radius 2 is 0.700 bits per heavy atom. The predicted octanol–water partition coefficient (Wildman–Crippen LogP) is 18.9. The Labute approximate surface area is 377 Å². The molecule has 0 spiro atoms. The minimum atomic E-state index is 0.623. The minimum Gasteiger partial charge on any atom is -0.0625 e. The molecular formula is C60H108. The van der Waals surface area contributed by atoms with Crippen molar-refractivity contribution >= 4 is 0 Å². The number of hydrogen-bond donors (Lipinski definition) is 0. The van der Waals surface area contributed by atoms with Gasteiger partial charge in [-0.2, -0.15) is 0 Å². The van der Waals surface area contributed by atoms with Crippen molar-refractivity contribution < 1.29 is 0 Å². The molecule has 0 heterocycles. The quantitative estimate of drug-likeness (QED) is 0.265. The molecule has 0 N–H and O–H groups in total. The van der Waals surface area contributed by atoms with E-state index < -0.39 is 0 Å². The van der Waals surface area contributed by atoms with E-state index >= 15 is 0 Å². The van der Waals surface area contributed by atoms with Gasteiger partial charge in [-0.3, -0.25) is 0 Å². The van der Waals surface area contributed by atoms with Crippen LogP contribution in [0.5, 0.6) is 0 Å². The fraction of sp³-hybridized carbons (Fsp3) is 1.00. The Hall–Kier alpha value is 0. The highest BCUT2D eigenvalue weighted by molar-refractivity contribution is 5.17. The van der Waals surface area contributed by atoms with E-state index in [-0.39, 0.29) is 0 Å². The molecule has 12 aliphatic rings. The van der Waals surface area contributed by atoms with Crippen molar-refractivity contribution in [3.8, 4) is 0 Å². The first-order valence-corrected chi connectivity index (χ1v) is 27.3. The van der Waals surface area contributed by atoms with Crippen LogP contribution in [0.2, 0.25) is 0 Å². The van der Waals surface area contributed by atoms with Crippen LogP contribution in [0.4, 0.5) is 0 Å². The van der Waals surface area contributed by atoms with Gasteiger partial charge in [-0.1, -0.05) is 132 Å². The lowest BCUT2D eigenvalue weighted by Gasteiger charge is -2.67. The van der Waals surface area contributed by atoms with Gasteiger partial charge < -0.3 is 0 Å². The zero-order valence-electron chi connectivity index (χ0n) is 44.5. The summed E-state index contributed by atoms with van der Waals surface area (Å²) in [5, 5.41) is 0. The van der Waals surface area contributed by atoms with Gasteiger partial charge in [0.25, 0.3) is 0 Å². The summed E-state index contributed by atoms with van der Waals surface area (Å²) in [6.07, 6.45) is 30.2. The predicted molar refractivity (Wildman–Crippen MR) is 263 cm³/mol. The summed E-state index contributed by atoms with van der Waals surface area (Å²) in [5.74, 6) is 10.4. The molecule has 0 radical (unpaired) electrons.